The maximum absolute atomic E-state index is 8.42. The fourth-order valence-electron chi connectivity index (χ4n) is 0. The van der Waals surface area contributed by atoms with Crippen LogP contribution in [-0.2, 0) is 21.7 Å². The van der Waals surface area contributed by atoms with Crippen molar-refractivity contribution in [1.82, 2.24) is 0 Å². The van der Waals surface area contributed by atoms with Crippen LogP contribution >= 0.6 is 0 Å². The van der Waals surface area contributed by atoms with Crippen LogP contribution in [0.1, 0.15) is 0 Å². The second-order valence-corrected chi connectivity index (χ2v) is 0.289. The summed E-state index contributed by atoms with van der Waals surface area (Å²) in [4.78, 5) is 0. The summed E-state index contributed by atoms with van der Waals surface area (Å²) in [5, 5.41) is 25.2. The van der Waals surface area contributed by atoms with Crippen LogP contribution < -0.4 is 15.1 Å². The molecule has 0 bridgehead atoms. The van der Waals surface area contributed by atoms with Crippen LogP contribution in [0.2, 0.25) is 0 Å². The van der Waals surface area contributed by atoms with E-state index < -0.39 is 7.32 Å². The molecular formula is BO3SiTi+5. The van der Waals surface area contributed by atoms with Crippen LogP contribution in [0.25, 0.3) is 0 Å². The first-order valence-electron chi connectivity index (χ1n) is 0.707. The van der Waals surface area contributed by atoms with Gasteiger partial charge >= 0.3 is 32.7 Å². The van der Waals surface area contributed by atoms with Crippen molar-refractivity contribution in [2.24, 2.45) is 0 Å². The summed E-state index contributed by atoms with van der Waals surface area (Å²) in [5.74, 6) is 0. The normalized spacial score (nSPS) is 4.50. The Kier molecular flexibility index (Phi) is 24.5. The molecule has 0 saturated carbocycles. The minimum Gasteiger partial charge on any atom is -0.907 e. The molecule has 0 atom stereocenters. The predicted molar refractivity (Wildman–Crippen MR) is 11.5 cm³/mol. The predicted octanol–water partition coefficient (Wildman–Crippen LogP) is -4.33. The van der Waals surface area contributed by atoms with Crippen LogP contribution in [0.4, 0.5) is 0 Å². The van der Waals surface area contributed by atoms with Crippen molar-refractivity contribution >= 4 is 18.3 Å². The Morgan fingerprint density at radius 2 is 1.00 bits per heavy atom. The Balaban J connectivity index is -0.0000000450. The van der Waals surface area contributed by atoms with Gasteiger partial charge in [-0.05, 0) is 0 Å². The summed E-state index contributed by atoms with van der Waals surface area (Å²) in [6.07, 6.45) is 0. The van der Waals surface area contributed by atoms with Gasteiger partial charge in [0.15, 0.2) is 0 Å². The molecule has 0 amide bonds. The Hall–Kier alpha value is 0.876. The van der Waals surface area contributed by atoms with Crippen LogP contribution in [0.15, 0.2) is 0 Å². The number of rotatable bonds is 0. The molecular weight excluding hydrogens is 135 g/mol. The maximum atomic E-state index is 8.42. The van der Waals surface area contributed by atoms with Gasteiger partial charge in [0.1, 0.15) is 0 Å². The fourth-order valence-corrected chi connectivity index (χ4v) is 0. The van der Waals surface area contributed by atoms with Crippen LogP contribution in [-0.4, -0.2) is 18.3 Å². The van der Waals surface area contributed by atoms with Gasteiger partial charge in [0.2, 0.25) is 0 Å². The minimum atomic E-state index is -2.92. The van der Waals surface area contributed by atoms with E-state index >= 15 is 0 Å². The summed E-state index contributed by atoms with van der Waals surface area (Å²) in [6, 6.07) is 0. The molecule has 0 aliphatic carbocycles. The monoisotopic (exact) mass is 135 g/mol. The second-order valence-electron chi connectivity index (χ2n) is 0.289. The van der Waals surface area contributed by atoms with Gasteiger partial charge in [0.05, 0.1) is 0 Å². The van der Waals surface area contributed by atoms with Gasteiger partial charge in [-0.2, -0.15) is 0 Å². The van der Waals surface area contributed by atoms with E-state index in [-0.39, 0.29) is 32.7 Å². The molecule has 6 heavy (non-hydrogen) atoms. The minimum absolute atomic E-state index is 0. The molecule has 3 nitrogen and oxygen atoms in total. The zero-order chi connectivity index (χ0) is 3.58. The zero-order valence-electron chi connectivity index (χ0n) is 2.80. The van der Waals surface area contributed by atoms with Gasteiger partial charge < -0.3 is 15.1 Å². The molecule has 0 unspecified atom stereocenters. The quantitative estimate of drug-likeness (QED) is 0.315. The van der Waals surface area contributed by atoms with Crippen molar-refractivity contribution in [3.05, 3.63) is 0 Å². The Bertz CT molecular complexity index is 15.5. The average Bonchev–Trinajstić information content (AvgIpc) is 0.811. The molecule has 0 aromatic rings. The topological polar surface area (TPSA) is 69.2 Å². The zero-order valence-corrected chi connectivity index (χ0v) is 5.36. The van der Waals surface area contributed by atoms with E-state index in [0.29, 0.717) is 0 Å². The van der Waals surface area contributed by atoms with Crippen LogP contribution in [0.3, 0.4) is 0 Å². The van der Waals surface area contributed by atoms with Crippen molar-refractivity contribution in [1.29, 1.82) is 0 Å². The molecule has 0 aromatic heterocycles. The average molecular weight is 135 g/mol. The van der Waals surface area contributed by atoms with E-state index in [1.54, 1.807) is 0 Å². The van der Waals surface area contributed by atoms with Crippen LogP contribution in [0, 0.1) is 0 Å². The molecule has 6 heteroatoms. The van der Waals surface area contributed by atoms with E-state index in [1.165, 1.54) is 0 Å². The standard InChI is InChI=1S/BO3.Si.Ti/c2-1(3)4;;/q-3;2*+4. The molecule has 0 N–H and O–H groups in total. The molecule has 0 rings (SSSR count). The molecule has 0 radical (unpaired) electrons. The molecule has 0 fully saturated rings. The number of hydrogen-bond acceptors (Lipinski definition) is 3. The second kappa shape index (κ2) is 9.30. The third-order valence-electron chi connectivity index (χ3n) is 0. The van der Waals surface area contributed by atoms with Crippen molar-refractivity contribution in [3.63, 3.8) is 0 Å². The van der Waals surface area contributed by atoms with Gasteiger partial charge in [-0.1, -0.05) is 0 Å². The van der Waals surface area contributed by atoms with E-state index in [4.69, 9.17) is 15.1 Å². The maximum Gasteiger partial charge on any atom is 4.00 e. The molecule has 0 aliphatic rings. The Morgan fingerprint density at radius 1 is 1.00 bits per heavy atom. The van der Waals surface area contributed by atoms with Crippen molar-refractivity contribution in [2.45, 2.75) is 0 Å². The first-order chi connectivity index (χ1) is 1.73. The van der Waals surface area contributed by atoms with E-state index in [2.05, 4.69) is 0 Å². The fraction of sp³-hybridized carbons (Fsp3) is 0. The van der Waals surface area contributed by atoms with E-state index in [1.807, 2.05) is 0 Å². The van der Waals surface area contributed by atoms with Gasteiger partial charge in [-0.25, -0.2) is 0 Å². The summed E-state index contributed by atoms with van der Waals surface area (Å²) in [5.41, 5.74) is 0. The molecule has 0 aromatic carbocycles. The molecule has 0 heterocycles. The third kappa shape index (κ3) is 95.4. The third-order valence-corrected chi connectivity index (χ3v) is 0. The van der Waals surface area contributed by atoms with Crippen molar-refractivity contribution in [2.75, 3.05) is 0 Å². The summed E-state index contributed by atoms with van der Waals surface area (Å²) < 4.78 is 0. The first kappa shape index (κ1) is 15.8. The van der Waals surface area contributed by atoms with Crippen molar-refractivity contribution in [3.8, 4) is 0 Å². The van der Waals surface area contributed by atoms with Crippen LogP contribution in [0.5, 0.6) is 0 Å². The Morgan fingerprint density at radius 3 is 1.00 bits per heavy atom. The van der Waals surface area contributed by atoms with E-state index in [0.717, 1.165) is 0 Å². The van der Waals surface area contributed by atoms with Gasteiger partial charge in [0, 0.05) is 0 Å². The summed E-state index contributed by atoms with van der Waals surface area (Å²) >= 11 is 0. The van der Waals surface area contributed by atoms with Crippen molar-refractivity contribution < 1.29 is 36.8 Å². The van der Waals surface area contributed by atoms with E-state index in [9.17, 15) is 0 Å². The SMILES string of the molecule is [O-]B([O-])[O-].[Si+4].[Ti+4]. The molecule has 24 valence electrons. The largest absolute Gasteiger partial charge is 4.00 e. The summed E-state index contributed by atoms with van der Waals surface area (Å²) in [6.45, 7) is 0. The van der Waals surface area contributed by atoms with Gasteiger partial charge in [-0.3, -0.25) is 7.32 Å². The van der Waals surface area contributed by atoms with Gasteiger partial charge in [-0.15, -0.1) is 0 Å². The smallest absolute Gasteiger partial charge is 0.907 e. The molecule has 0 spiro atoms. The first-order valence-corrected chi connectivity index (χ1v) is 0.707. The van der Waals surface area contributed by atoms with Gasteiger partial charge in [0.25, 0.3) is 0 Å². The number of hydrogen-bond donors (Lipinski definition) is 0. The molecule has 0 aliphatic heterocycles. The summed E-state index contributed by atoms with van der Waals surface area (Å²) in [7, 11) is -2.92. The molecule has 0 saturated heterocycles. The Labute approximate surface area is 55.5 Å².